The van der Waals surface area contributed by atoms with Crippen molar-refractivity contribution < 1.29 is 9.13 Å². The van der Waals surface area contributed by atoms with E-state index in [2.05, 4.69) is 26.1 Å². The summed E-state index contributed by atoms with van der Waals surface area (Å²) in [6.45, 7) is 0.654. The average molecular weight is 326 g/mol. The highest BCUT2D eigenvalue weighted by Crippen LogP contribution is 2.39. The van der Waals surface area contributed by atoms with E-state index in [1.807, 2.05) is 0 Å². The first-order valence-electron chi connectivity index (χ1n) is 6.06. The van der Waals surface area contributed by atoms with Gasteiger partial charge in [0.1, 0.15) is 17.4 Å². The van der Waals surface area contributed by atoms with Crippen LogP contribution in [0.4, 0.5) is 10.2 Å². The molecule has 1 aromatic heterocycles. The third kappa shape index (κ3) is 2.73. The van der Waals surface area contributed by atoms with Gasteiger partial charge >= 0.3 is 0 Å². The topological polar surface area (TPSA) is 63.9 Å². The van der Waals surface area contributed by atoms with Gasteiger partial charge in [-0.1, -0.05) is 0 Å². The number of nitrogen functional groups attached to an aromatic ring is 1. The van der Waals surface area contributed by atoms with Gasteiger partial charge in [0.25, 0.3) is 0 Å². The molecule has 100 valence electrons. The Bertz CT molecular complexity index is 610. The molecule has 2 aromatic rings. The van der Waals surface area contributed by atoms with Crippen molar-refractivity contribution in [2.75, 3.05) is 12.3 Å². The zero-order valence-electron chi connectivity index (χ0n) is 10.1. The molecule has 0 bridgehead atoms. The molecular formula is C13H13BrFN3O. The third-order valence-corrected chi connectivity index (χ3v) is 3.65. The van der Waals surface area contributed by atoms with Gasteiger partial charge in [-0.05, 0) is 46.8 Å². The standard InChI is InChI=1S/C13H13BrFN3O/c14-10-4-8(15)3-9(11-5-12(16)18-17-11)13(10)19-6-7-1-2-7/h3-5,7H,1-2,6H2,(H3,16,17,18). The summed E-state index contributed by atoms with van der Waals surface area (Å²) < 4.78 is 20.0. The van der Waals surface area contributed by atoms with Crippen molar-refractivity contribution in [2.24, 2.45) is 5.92 Å². The number of aromatic amines is 1. The van der Waals surface area contributed by atoms with Crippen molar-refractivity contribution in [2.45, 2.75) is 12.8 Å². The number of H-pyrrole nitrogens is 1. The first kappa shape index (κ1) is 12.5. The summed E-state index contributed by atoms with van der Waals surface area (Å²) in [4.78, 5) is 0. The summed E-state index contributed by atoms with van der Waals surface area (Å²) in [5, 5.41) is 6.64. The Kier molecular flexibility index (Phi) is 3.18. The van der Waals surface area contributed by atoms with Crippen LogP contribution in [0.3, 0.4) is 0 Å². The summed E-state index contributed by atoms with van der Waals surface area (Å²) in [5.41, 5.74) is 6.85. The van der Waals surface area contributed by atoms with Gasteiger partial charge in [0, 0.05) is 11.6 Å². The Hall–Kier alpha value is -1.56. The highest BCUT2D eigenvalue weighted by atomic mass is 79.9. The maximum atomic E-state index is 13.6. The van der Waals surface area contributed by atoms with Crippen LogP contribution in [-0.2, 0) is 0 Å². The van der Waals surface area contributed by atoms with Gasteiger partial charge in [0.05, 0.1) is 16.8 Å². The fourth-order valence-electron chi connectivity index (χ4n) is 1.87. The van der Waals surface area contributed by atoms with Crippen molar-refractivity contribution in [3.63, 3.8) is 0 Å². The predicted octanol–water partition coefficient (Wildman–Crippen LogP) is 3.35. The van der Waals surface area contributed by atoms with Crippen LogP contribution in [0.25, 0.3) is 11.3 Å². The number of anilines is 1. The maximum Gasteiger partial charge on any atom is 0.145 e. The van der Waals surface area contributed by atoms with E-state index >= 15 is 0 Å². The molecule has 0 aliphatic heterocycles. The second kappa shape index (κ2) is 4.85. The lowest BCUT2D eigenvalue weighted by atomic mass is 10.1. The number of hydrogen-bond acceptors (Lipinski definition) is 3. The highest BCUT2D eigenvalue weighted by Gasteiger charge is 2.23. The minimum atomic E-state index is -0.339. The predicted molar refractivity (Wildman–Crippen MR) is 74.3 cm³/mol. The number of benzene rings is 1. The molecule has 0 amide bonds. The number of hydrogen-bond donors (Lipinski definition) is 2. The summed E-state index contributed by atoms with van der Waals surface area (Å²) in [6, 6.07) is 4.47. The fraction of sp³-hybridized carbons (Fsp3) is 0.308. The number of nitrogens with two attached hydrogens (primary N) is 1. The normalized spacial score (nSPS) is 14.6. The lowest BCUT2D eigenvalue weighted by molar-refractivity contribution is 0.298. The molecule has 1 aromatic carbocycles. The average Bonchev–Trinajstić information content (AvgIpc) is 3.08. The molecule has 1 aliphatic rings. The highest BCUT2D eigenvalue weighted by molar-refractivity contribution is 9.10. The van der Waals surface area contributed by atoms with Crippen LogP contribution in [0.15, 0.2) is 22.7 Å². The Balaban J connectivity index is 1.99. The molecule has 4 nitrogen and oxygen atoms in total. The Morgan fingerprint density at radius 1 is 1.42 bits per heavy atom. The second-order valence-electron chi connectivity index (χ2n) is 4.73. The Morgan fingerprint density at radius 3 is 2.84 bits per heavy atom. The lowest BCUT2D eigenvalue weighted by Crippen LogP contribution is -2.02. The molecule has 1 heterocycles. The smallest absolute Gasteiger partial charge is 0.145 e. The summed E-state index contributed by atoms with van der Waals surface area (Å²) in [6.07, 6.45) is 2.40. The van der Waals surface area contributed by atoms with Gasteiger partial charge in [-0.2, -0.15) is 5.10 Å². The zero-order chi connectivity index (χ0) is 13.4. The molecule has 1 fully saturated rings. The van der Waals surface area contributed by atoms with E-state index in [0.29, 0.717) is 39.8 Å². The van der Waals surface area contributed by atoms with E-state index in [-0.39, 0.29) is 5.82 Å². The maximum absolute atomic E-state index is 13.6. The summed E-state index contributed by atoms with van der Waals surface area (Å²) in [5.74, 6) is 1.27. The van der Waals surface area contributed by atoms with E-state index in [9.17, 15) is 4.39 Å². The monoisotopic (exact) mass is 325 g/mol. The molecule has 0 spiro atoms. The number of nitrogens with zero attached hydrogens (tertiary/aromatic N) is 1. The van der Waals surface area contributed by atoms with Gasteiger partial charge in [-0.15, -0.1) is 0 Å². The van der Waals surface area contributed by atoms with Crippen LogP contribution in [0.1, 0.15) is 12.8 Å². The van der Waals surface area contributed by atoms with Crippen molar-refractivity contribution in [1.29, 1.82) is 0 Å². The van der Waals surface area contributed by atoms with Gasteiger partial charge in [-0.25, -0.2) is 4.39 Å². The molecule has 0 atom stereocenters. The molecule has 1 aliphatic carbocycles. The molecular weight excluding hydrogens is 313 g/mol. The van der Waals surface area contributed by atoms with Crippen molar-refractivity contribution in [1.82, 2.24) is 10.2 Å². The van der Waals surface area contributed by atoms with Gasteiger partial charge in [0.15, 0.2) is 0 Å². The molecule has 6 heteroatoms. The molecule has 3 N–H and O–H groups in total. The largest absolute Gasteiger partial charge is 0.491 e. The van der Waals surface area contributed by atoms with E-state index in [1.54, 1.807) is 6.07 Å². The first-order chi connectivity index (χ1) is 9.13. The quantitative estimate of drug-likeness (QED) is 0.906. The number of halogens is 2. The number of rotatable bonds is 4. The number of ether oxygens (including phenoxy) is 1. The lowest BCUT2D eigenvalue weighted by Gasteiger charge is -2.12. The van der Waals surface area contributed by atoms with Crippen LogP contribution in [0, 0.1) is 11.7 Å². The van der Waals surface area contributed by atoms with Gasteiger partial charge < -0.3 is 10.5 Å². The summed E-state index contributed by atoms with van der Waals surface area (Å²) in [7, 11) is 0. The molecule has 0 saturated heterocycles. The third-order valence-electron chi connectivity index (χ3n) is 3.06. The summed E-state index contributed by atoms with van der Waals surface area (Å²) >= 11 is 3.34. The molecule has 3 rings (SSSR count). The van der Waals surface area contributed by atoms with Crippen LogP contribution in [0.2, 0.25) is 0 Å². The van der Waals surface area contributed by atoms with E-state index in [0.717, 1.165) is 0 Å². The SMILES string of the molecule is Nc1cc(-c2cc(F)cc(Br)c2OCC2CC2)[nH]n1. The van der Waals surface area contributed by atoms with Crippen molar-refractivity contribution >= 4 is 21.7 Å². The van der Waals surface area contributed by atoms with E-state index in [4.69, 9.17) is 10.5 Å². The van der Waals surface area contributed by atoms with Gasteiger partial charge in [0.2, 0.25) is 0 Å². The van der Waals surface area contributed by atoms with Crippen molar-refractivity contribution in [3.05, 3.63) is 28.5 Å². The minimum absolute atomic E-state index is 0.339. The number of aromatic nitrogens is 2. The first-order valence-corrected chi connectivity index (χ1v) is 6.86. The van der Waals surface area contributed by atoms with Gasteiger partial charge in [-0.3, -0.25) is 5.10 Å². The van der Waals surface area contributed by atoms with E-state index in [1.165, 1.54) is 25.0 Å². The molecule has 19 heavy (non-hydrogen) atoms. The van der Waals surface area contributed by atoms with E-state index < -0.39 is 0 Å². The van der Waals surface area contributed by atoms with Crippen molar-refractivity contribution in [3.8, 4) is 17.0 Å². The van der Waals surface area contributed by atoms with Crippen LogP contribution < -0.4 is 10.5 Å². The van der Waals surface area contributed by atoms with Crippen LogP contribution in [0.5, 0.6) is 5.75 Å². The molecule has 0 radical (unpaired) electrons. The number of nitrogens with one attached hydrogen (secondary N) is 1. The zero-order valence-corrected chi connectivity index (χ0v) is 11.7. The fourth-order valence-corrected chi connectivity index (χ4v) is 2.41. The Labute approximate surface area is 118 Å². The van der Waals surface area contributed by atoms with Crippen LogP contribution in [-0.4, -0.2) is 16.8 Å². The van der Waals surface area contributed by atoms with Crippen LogP contribution >= 0.6 is 15.9 Å². The molecule has 0 unspecified atom stereocenters. The Morgan fingerprint density at radius 2 is 2.21 bits per heavy atom. The minimum Gasteiger partial charge on any atom is -0.491 e. The molecule has 1 saturated carbocycles. The second-order valence-corrected chi connectivity index (χ2v) is 5.58.